The molecule has 0 bridgehead atoms. The van der Waals surface area contributed by atoms with Crippen LogP contribution in [0.5, 0.6) is 0 Å². The number of carbonyl (C=O) groups is 1. The number of pyridine rings is 1. The maximum absolute atomic E-state index is 12.2. The molecule has 0 atom stereocenters. The van der Waals surface area contributed by atoms with E-state index in [9.17, 15) is 4.79 Å². The molecule has 2 rings (SSSR count). The monoisotopic (exact) mass is 273 g/mol. The topological polar surface area (TPSA) is 63.1 Å². The van der Waals surface area contributed by atoms with E-state index in [0.29, 0.717) is 18.8 Å². The molecule has 1 amide bonds. The predicted octanol–water partition coefficient (Wildman–Crippen LogP) is 2.04. The van der Waals surface area contributed by atoms with E-state index in [4.69, 9.17) is 0 Å². The summed E-state index contributed by atoms with van der Waals surface area (Å²) in [6.07, 6.45) is 3.48. The van der Waals surface area contributed by atoms with Crippen molar-refractivity contribution >= 4 is 17.4 Å². The highest BCUT2D eigenvalue weighted by atomic mass is 16.2. The third-order valence-electron chi connectivity index (χ3n) is 3.02. The number of amides is 1. The van der Waals surface area contributed by atoms with Gasteiger partial charge in [-0.2, -0.15) is 5.10 Å². The minimum Gasteiger partial charge on any atom is -0.339 e. The summed E-state index contributed by atoms with van der Waals surface area (Å²) in [5, 5.41) is 7.39. The van der Waals surface area contributed by atoms with Crippen molar-refractivity contribution in [2.45, 2.75) is 13.8 Å². The van der Waals surface area contributed by atoms with Crippen molar-refractivity contribution in [1.82, 2.24) is 19.7 Å². The molecule has 2 aromatic rings. The summed E-state index contributed by atoms with van der Waals surface area (Å²) in [6, 6.07) is 5.43. The van der Waals surface area contributed by atoms with E-state index in [2.05, 4.69) is 15.4 Å². The highest BCUT2D eigenvalue weighted by Gasteiger charge is 2.14. The fourth-order valence-electron chi connectivity index (χ4n) is 1.93. The van der Waals surface area contributed by atoms with Crippen molar-refractivity contribution in [2.75, 3.05) is 18.4 Å². The highest BCUT2D eigenvalue weighted by Crippen LogP contribution is 2.15. The Morgan fingerprint density at radius 1 is 1.35 bits per heavy atom. The molecule has 0 unspecified atom stereocenters. The third kappa shape index (κ3) is 3.14. The Morgan fingerprint density at radius 2 is 2.10 bits per heavy atom. The fourth-order valence-corrected chi connectivity index (χ4v) is 1.93. The van der Waals surface area contributed by atoms with Gasteiger partial charge in [-0.3, -0.25) is 14.5 Å². The van der Waals surface area contributed by atoms with Crippen LogP contribution in [0, 0.1) is 0 Å². The minimum atomic E-state index is -0.0559. The summed E-state index contributed by atoms with van der Waals surface area (Å²) in [5.41, 5.74) is 1.24. The lowest BCUT2D eigenvalue weighted by Crippen LogP contribution is -2.31. The van der Waals surface area contributed by atoms with Crippen LogP contribution in [0.1, 0.15) is 24.3 Å². The first-order chi connectivity index (χ1) is 9.63. The van der Waals surface area contributed by atoms with Gasteiger partial charge in [0, 0.05) is 44.3 Å². The van der Waals surface area contributed by atoms with Crippen LogP contribution in [-0.2, 0) is 7.05 Å². The summed E-state index contributed by atoms with van der Waals surface area (Å²) in [5.74, 6) is 0.680. The van der Waals surface area contributed by atoms with Crippen LogP contribution in [0.2, 0.25) is 0 Å². The lowest BCUT2D eigenvalue weighted by molar-refractivity contribution is 0.0767. The van der Waals surface area contributed by atoms with Gasteiger partial charge in [0.1, 0.15) is 5.69 Å². The summed E-state index contributed by atoms with van der Waals surface area (Å²) in [4.78, 5) is 18.1. The van der Waals surface area contributed by atoms with Gasteiger partial charge in [-0.25, -0.2) is 0 Å². The van der Waals surface area contributed by atoms with Crippen LogP contribution < -0.4 is 5.32 Å². The number of hydrogen-bond acceptors (Lipinski definition) is 4. The van der Waals surface area contributed by atoms with E-state index >= 15 is 0 Å². The van der Waals surface area contributed by atoms with Gasteiger partial charge in [-0.1, -0.05) is 0 Å². The summed E-state index contributed by atoms with van der Waals surface area (Å²) in [7, 11) is 1.85. The van der Waals surface area contributed by atoms with E-state index < -0.39 is 0 Å². The molecular formula is C14H19N5O. The standard InChI is InChI=1S/C14H19N5O/c1-4-19(5-2)14(20)12-10-11(6-8-15-12)16-13-7-9-18(3)17-13/h6-10H,4-5H2,1-3H3,(H,15,16,17). The largest absolute Gasteiger partial charge is 0.339 e. The SMILES string of the molecule is CCN(CC)C(=O)c1cc(Nc2ccn(C)n2)ccn1. The quantitative estimate of drug-likeness (QED) is 0.905. The number of aromatic nitrogens is 3. The van der Waals surface area contributed by atoms with Gasteiger partial charge in [0.25, 0.3) is 5.91 Å². The van der Waals surface area contributed by atoms with Crippen LogP contribution in [0.15, 0.2) is 30.6 Å². The average molecular weight is 273 g/mol. The normalized spacial score (nSPS) is 10.3. The molecule has 0 saturated heterocycles. The Morgan fingerprint density at radius 3 is 2.70 bits per heavy atom. The first kappa shape index (κ1) is 14.0. The first-order valence-electron chi connectivity index (χ1n) is 6.66. The molecule has 2 aromatic heterocycles. The highest BCUT2D eigenvalue weighted by molar-refractivity contribution is 5.93. The van der Waals surface area contributed by atoms with Crippen molar-refractivity contribution < 1.29 is 4.79 Å². The number of carbonyl (C=O) groups excluding carboxylic acids is 1. The summed E-state index contributed by atoms with van der Waals surface area (Å²) < 4.78 is 1.71. The van der Waals surface area contributed by atoms with Gasteiger partial charge in [-0.05, 0) is 26.0 Å². The third-order valence-corrected chi connectivity index (χ3v) is 3.02. The molecule has 0 saturated carbocycles. The molecule has 0 radical (unpaired) electrons. The molecule has 6 heteroatoms. The number of anilines is 2. The van der Waals surface area contributed by atoms with Crippen molar-refractivity contribution in [1.29, 1.82) is 0 Å². The Labute approximate surface area is 118 Å². The van der Waals surface area contributed by atoms with Crippen molar-refractivity contribution in [2.24, 2.45) is 7.05 Å². The van der Waals surface area contributed by atoms with E-state index in [1.807, 2.05) is 39.2 Å². The molecule has 6 nitrogen and oxygen atoms in total. The van der Waals surface area contributed by atoms with Crippen molar-refractivity contribution in [3.8, 4) is 0 Å². The van der Waals surface area contributed by atoms with Gasteiger partial charge in [-0.15, -0.1) is 0 Å². The van der Waals surface area contributed by atoms with Crippen molar-refractivity contribution in [3.05, 3.63) is 36.3 Å². The van der Waals surface area contributed by atoms with Crippen LogP contribution >= 0.6 is 0 Å². The lowest BCUT2D eigenvalue weighted by Gasteiger charge is -2.18. The molecule has 0 aliphatic rings. The molecule has 20 heavy (non-hydrogen) atoms. The molecule has 1 N–H and O–H groups in total. The van der Waals surface area contributed by atoms with E-state index in [-0.39, 0.29) is 5.91 Å². The maximum Gasteiger partial charge on any atom is 0.272 e. The number of rotatable bonds is 5. The summed E-state index contributed by atoms with van der Waals surface area (Å²) >= 11 is 0. The van der Waals surface area contributed by atoms with E-state index in [1.165, 1.54) is 0 Å². The lowest BCUT2D eigenvalue weighted by atomic mass is 10.2. The Bertz CT molecular complexity index is 589. The van der Waals surface area contributed by atoms with Crippen LogP contribution in [0.3, 0.4) is 0 Å². The molecular weight excluding hydrogens is 254 g/mol. The molecule has 0 fully saturated rings. The zero-order chi connectivity index (χ0) is 14.5. The van der Waals surface area contributed by atoms with Crippen LogP contribution in [0.25, 0.3) is 0 Å². The second-order valence-electron chi connectivity index (χ2n) is 4.41. The second-order valence-corrected chi connectivity index (χ2v) is 4.41. The average Bonchev–Trinajstić information content (AvgIpc) is 2.85. The zero-order valence-corrected chi connectivity index (χ0v) is 12.0. The minimum absolute atomic E-state index is 0.0559. The second kappa shape index (κ2) is 6.18. The Hall–Kier alpha value is -2.37. The first-order valence-corrected chi connectivity index (χ1v) is 6.66. The number of nitrogens with zero attached hydrogens (tertiary/aromatic N) is 4. The van der Waals surface area contributed by atoms with Crippen molar-refractivity contribution in [3.63, 3.8) is 0 Å². The van der Waals surface area contributed by atoms with Gasteiger partial charge < -0.3 is 10.2 Å². The summed E-state index contributed by atoms with van der Waals surface area (Å²) in [6.45, 7) is 5.26. The van der Waals surface area contributed by atoms with E-state index in [1.54, 1.807) is 21.8 Å². The number of hydrogen-bond donors (Lipinski definition) is 1. The molecule has 2 heterocycles. The van der Waals surface area contributed by atoms with E-state index in [0.717, 1.165) is 11.5 Å². The molecule has 0 aliphatic carbocycles. The number of nitrogens with one attached hydrogen (secondary N) is 1. The Balaban J connectivity index is 2.17. The van der Waals surface area contributed by atoms with Gasteiger partial charge in [0.15, 0.2) is 5.82 Å². The van der Waals surface area contributed by atoms with Gasteiger partial charge in [0.05, 0.1) is 0 Å². The fraction of sp³-hybridized carbons (Fsp3) is 0.357. The maximum atomic E-state index is 12.2. The molecule has 0 aromatic carbocycles. The van der Waals surface area contributed by atoms with Crippen LogP contribution in [0.4, 0.5) is 11.5 Å². The molecule has 106 valence electrons. The van der Waals surface area contributed by atoms with Crippen LogP contribution in [-0.4, -0.2) is 38.7 Å². The molecule has 0 spiro atoms. The smallest absolute Gasteiger partial charge is 0.272 e. The van der Waals surface area contributed by atoms with Gasteiger partial charge >= 0.3 is 0 Å². The zero-order valence-electron chi connectivity index (χ0n) is 12.0. The predicted molar refractivity (Wildman–Crippen MR) is 78.0 cm³/mol. The Kier molecular flexibility index (Phi) is 4.34. The number of aryl methyl sites for hydroxylation is 1. The molecule has 0 aliphatic heterocycles. The van der Waals surface area contributed by atoms with Gasteiger partial charge in [0.2, 0.25) is 0 Å².